The van der Waals surface area contributed by atoms with Crippen LogP contribution in [0, 0.1) is 11.6 Å². The molecule has 0 saturated heterocycles. The molecule has 0 atom stereocenters. The Morgan fingerprint density at radius 2 is 2.17 bits per heavy atom. The molecule has 0 aliphatic carbocycles. The van der Waals surface area contributed by atoms with Crippen molar-refractivity contribution in [1.82, 2.24) is 9.59 Å². The lowest BCUT2D eigenvalue weighted by Gasteiger charge is -2.02. The minimum Gasteiger partial charge on any atom is -0.293 e. The summed E-state index contributed by atoms with van der Waals surface area (Å²) in [5.41, 5.74) is 0.796. The van der Waals surface area contributed by atoms with Crippen LogP contribution in [-0.4, -0.2) is 15.4 Å². The molecule has 2 aromatic rings. The fraction of sp³-hybridized carbons (Fsp3) is 0.250. The van der Waals surface area contributed by atoms with Crippen molar-refractivity contribution in [3.63, 3.8) is 0 Å². The Labute approximate surface area is 107 Å². The predicted molar refractivity (Wildman–Crippen MR) is 63.7 cm³/mol. The number of aromatic nitrogens is 2. The number of Topliss-reactive ketones (excluding diaryl/α,β-unsaturated/α-hetero) is 1. The molecule has 0 fully saturated rings. The van der Waals surface area contributed by atoms with Crippen molar-refractivity contribution in [2.75, 3.05) is 0 Å². The number of hydrogen-bond donors (Lipinski definition) is 0. The second-order valence-electron chi connectivity index (χ2n) is 3.74. The van der Waals surface area contributed by atoms with Crippen molar-refractivity contribution < 1.29 is 13.6 Å². The Morgan fingerprint density at radius 1 is 1.39 bits per heavy atom. The van der Waals surface area contributed by atoms with Crippen LogP contribution in [0.5, 0.6) is 0 Å². The summed E-state index contributed by atoms with van der Waals surface area (Å²) in [7, 11) is 0. The maximum absolute atomic E-state index is 13.4. The van der Waals surface area contributed by atoms with Crippen molar-refractivity contribution in [2.24, 2.45) is 0 Å². The molecule has 0 bridgehead atoms. The van der Waals surface area contributed by atoms with Gasteiger partial charge in [0.1, 0.15) is 16.5 Å². The highest BCUT2D eigenvalue weighted by Crippen LogP contribution is 2.17. The first-order valence-electron chi connectivity index (χ1n) is 5.40. The fourth-order valence-electron chi connectivity index (χ4n) is 1.57. The molecule has 0 aliphatic rings. The number of halogens is 2. The molecule has 0 N–H and O–H groups in total. The van der Waals surface area contributed by atoms with Crippen LogP contribution < -0.4 is 0 Å². The van der Waals surface area contributed by atoms with Gasteiger partial charge in [0.15, 0.2) is 5.78 Å². The summed E-state index contributed by atoms with van der Waals surface area (Å²) in [6, 6.07) is 3.19. The Kier molecular flexibility index (Phi) is 3.76. The molecule has 3 nitrogen and oxygen atoms in total. The van der Waals surface area contributed by atoms with Crippen LogP contribution in [0.2, 0.25) is 0 Å². The summed E-state index contributed by atoms with van der Waals surface area (Å²) in [4.78, 5) is 12.4. The molecule has 1 aromatic carbocycles. The third-order valence-corrected chi connectivity index (χ3v) is 3.32. The molecule has 2 rings (SSSR count). The van der Waals surface area contributed by atoms with Gasteiger partial charge >= 0.3 is 0 Å². The standard InChI is InChI=1S/C12H10F2N2OS/c1-2-10-12(18-16-15-10)11(17)5-7-3-4-8(13)6-9(7)14/h3-4,6H,2,5H2,1H3. The highest BCUT2D eigenvalue weighted by Gasteiger charge is 2.17. The van der Waals surface area contributed by atoms with Crippen LogP contribution in [0.15, 0.2) is 18.2 Å². The van der Waals surface area contributed by atoms with Crippen molar-refractivity contribution >= 4 is 17.3 Å². The van der Waals surface area contributed by atoms with Crippen molar-refractivity contribution in [3.8, 4) is 0 Å². The van der Waals surface area contributed by atoms with Crippen LogP contribution >= 0.6 is 11.5 Å². The summed E-state index contributed by atoms with van der Waals surface area (Å²) < 4.78 is 29.9. The topological polar surface area (TPSA) is 42.9 Å². The molecular weight excluding hydrogens is 258 g/mol. The zero-order valence-electron chi connectivity index (χ0n) is 9.61. The van der Waals surface area contributed by atoms with Crippen LogP contribution in [0.3, 0.4) is 0 Å². The zero-order valence-corrected chi connectivity index (χ0v) is 10.4. The molecule has 0 saturated carbocycles. The van der Waals surface area contributed by atoms with Crippen molar-refractivity contribution in [1.29, 1.82) is 0 Å². The van der Waals surface area contributed by atoms with E-state index < -0.39 is 11.6 Å². The number of hydrogen-bond acceptors (Lipinski definition) is 4. The van der Waals surface area contributed by atoms with Crippen LogP contribution in [0.1, 0.15) is 27.9 Å². The number of ketones is 1. The SMILES string of the molecule is CCc1nnsc1C(=O)Cc1ccc(F)cc1F. The lowest BCUT2D eigenvalue weighted by Crippen LogP contribution is -2.06. The highest BCUT2D eigenvalue weighted by molar-refractivity contribution is 7.08. The molecule has 0 amide bonds. The van der Waals surface area contributed by atoms with Crippen LogP contribution in [0.25, 0.3) is 0 Å². The van der Waals surface area contributed by atoms with Gasteiger partial charge in [-0.25, -0.2) is 8.78 Å². The first kappa shape index (κ1) is 12.8. The maximum Gasteiger partial charge on any atom is 0.180 e. The third-order valence-electron chi connectivity index (χ3n) is 2.51. The second kappa shape index (κ2) is 5.30. The molecule has 0 spiro atoms. The van der Waals surface area contributed by atoms with E-state index in [9.17, 15) is 13.6 Å². The number of aryl methyl sites for hydroxylation is 1. The monoisotopic (exact) mass is 268 g/mol. The van der Waals surface area contributed by atoms with E-state index >= 15 is 0 Å². The van der Waals surface area contributed by atoms with E-state index in [0.717, 1.165) is 23.7 Å². The minimum atomic E-state index is -0.709. The number of nitrogens with zero attached hydrogens (tertiary/aromatic N) is 2. The van der Waals surface area contributed by atoms with E-state index in [2.05, 4.69) is 9.59 Å². The minimum absolute atomic E-state index is 0.108. The van der Waals surface area contributed by atoms with E-state index in [-0.39, 0.29) is 17.8 Å². The number of benzene rings is 1. The summed E-state index contributed by atoms with van der Waals surface area (Å²) >= 11 is 1.00. The van der Waals surface area contributed by atoms with Gasteiger partial charge in [-0.05, 0) is 29.6 Å². The summed E-state index contributed by atoms with van der Waals surface area (Å²) in [5, 5.41) is 3.83. The van der Waals surface area contributed by atoms with Gasteiger partial charge in [-0.15, -0.1) is 5.10 Å². The largest absolute Gasteiger partial charge is 0.293 e. The predicted octanol–water partition coefficient (Wildman–Crippen LogP) is 2.80. The second-order valence-corrected chi connectivity index (χ2v) is 4.49. The zero-order chi connectivity index (χ0) is 13.1. The van der Waals surface area contributed by atoms with Crippen molar-refractivity contribution in [2.45, 2.75) is 19.8 Å². The molecule has 0 aliphatic heterocycles. The van der Waals surface area contributed by atoms with Gasteiger partial charge in [0.25, 0.3) is 0 Å². The Hall–Kier alpha value is -1.69. The quantitative estimate of drug-likeness (QED) is 0.801. The van der Waals surface area contributed by atoms with Gasteiger partial charge in [-0.2, -0.15) is 0 Å². The average molecular weight is 268 g/mol. The van der Waals surface area contributed by atoms with Gasteiger partial charge < -0.3 is 0 Å². The van der Waals surface area contributed by atoms with E-state index in [1.54, 1.807) is 0 Å². The number of carbonyl (C=O) groups excluding carboxylic acids is 1. The fourth-order valence-corrected chi connectivity index (χ4v) is 2.26. The van der Waals surface area contributed by atoms with Gasteiger partial charge in [0.05, 0.1) is 5.69 Å². The molecule has 6 heteroatoms. The molecule has 94 valence electrons. The molecular formula is C12H10F2N2OS. The van der Waals surface area contributed by atoms with Gasteiger partial charge in [0.2, 0.25) is 0 Å². The lowest BCUT2D eigenvalue weighted by molar-refractivity contribution is 0.0994. The first-order chi connectivity index (χ1) is 8.61. The molecule has 0 radical (unpaired) electrons. The van der Waals surface area contributed by atoms with E-state index in [1.165, 1.54) is 6.07 Å². The van der Waals surface area contributed by atoms with Crippen molar-refractivity contribution in [3.05, 3.63) is 46.0 Å². The summed E-state index contributed by atoms with van der Waals surface area (Å²) in [6.45, 7) is 1.87. The highest BCUT2D eigenvalue weighted by atomic mass is 32.1. The van der Waals surface area contributed by atoms with Gasteiger partial charge in [-0.3, -0.25) is 4.79 Å². The van der Waals surface area contributed by atoms with Crippen LogP contribution in [-0.2, 0) is 12.8 Å². The van der Waals surface area contributed by atoms with Gasteiger partial charge in [0, 0.05) is 12.5 Å². The maximum atomic E-state index is 13.4. The summed E-state index contributed by atoms with van der Waals surface area (Å²) in [6.07, 6.45) is 0.493. The Bertz CT molecular complexity index is 583. The first-order valence-corrected chi connectivity index (χ1v) is 6.17. The molecule has 18 heavy (non-hydrogen) atoms. The number of rotatable bonds is 4. The Morgan fingerprint density at radius 3 is 2.83 bits per heavy atom. The lowest BCUT2D eigenvalue weighted by atomic mass is 10.1. The number of carbonyl (C=O) groups is 1. The smallest absolute Gasteiger partial charge is 0.180 e. The van der Waals surface area contributed by atoms with E-state index in [1.807, 2.05) is 6.92 Å². The normalized spacial score (nSPS) is 10.6. The van der Waals surface area contributed by atoms with Gasteiger partial charge in [-0.1, -0.05) is 17.5 Å². The Balaban J connectivity index is 2.21. The van der Waals surface area contributed by atoms with E-state index in [0.29, 0.717) is 17.0 Å². The van der Waals surface area contributed by atoms with Crippen LogP contribution in [0.4, 0.5) is 8.78 Å². The summed E-state index contributed by atoms with van der Waals surface area (Å²) in [5.74, 6) is -1.61. The average Bonchev–Trinajstić information content (AvgIpc) is 2.81. The molecule has 0 unspecified atom stereocenters. The molecule has 1 heterocycles. The van der Waals surface area contributed by atoms with E-state index in [4.69, 9.17) is 0 Å². The molecule has 1 aromatic heterocycles. The third kappa shape index (κ3) is 2.59.